The number of ether oxygens (including phenoxy) is 2. The van der Waals surface area contributed by atoms with Crippen LogP contribution in [0.4, 0.5) is 0 Å². The lowest BCUT2D eigenvalue weighted by Gasteiger charge is -2.33. The van der Waals surface area contributed by atoms with Gasteiger partial charge in [-0.1, -0.05) is 27.7 Å². The van der Waals surface area contributed by atoms with Crippen LogP contribution in [0.3, 0.4) is 0 Å². The summed E-state index contributed by atoms with van der Waals surface area (Å²) in [6.45, 7) is 10.00. The Morgan fingerprint density at radius 2 is 1.70 bits per heavy atom. The molecule has 118 valence electrons. The second kappa shape index (κ2) is 7.89. The Balaban J connectivity index is 4.63. The van der Waals surface area contributed by atoms with Crippen molar-refractivity contribution < 1.29 is 19.1 Å². The van der Waals surface area contributed by atoms with Crippen molar-refractivity contribution in [2.75, 3.05) is 14.2 Å². The number of ketones is 1. The monoisotopic (exact) mass is 286 g/mol. The molecule has 3 atom stereocenters. The van der Waals surface area contributed by atoms with E-state index in [9.17, 15) is 9.59 Å². The van der Waals surface area contributed by atoms with E-state index in [-0.39, 0.29) is 23.2 Å². The lowest BCUT2D eigenvalue weighted by Crippen LogP contribution is -2.38. The molecule has 0 amide bonds. The number of methoxy groups -OCH3 is 2. The van der Waals surface area contributed by atoms with E-state index >= 15 is 0 Å². The number of Topliss-reactive ketones (excluding diaryl/α,β-unsaturated/α-hetero) is 1. The Hall–Kier alpha value is -0.740. The van der Waals surface area contributed by atoms with E-state index in [0.29, 0.717) is 19.3 Å². The van der Waals surface area contributed by atoms with Gasteiger partial charge in [-0.25, -0.2) is 0 Å². The van der Waals surface area contributed by atoms with E-state index < -0.39 is 5.60 Å². The van der Waals surface area contributed by atoms with Gasteiger partial charge < -0.3 is 14.3 Å². The molecule has 0 aliphatic heterocycles. The zero-order chi connectivity index (χ0) is 16.0. The molecule has 0 fully saturated rings. The maximum atomic E-state index is 12.2. The molecule has 0 spiro atoms. The van der Waals surface area contributed by atoms with Gasteiger partial charge in [0.15, 0.2) is 0 Å². The molecule has 0 N–H and O–H groups in total. The SMILES string of the molecule is COC(CC(=O)CC(C)C(C)(CC=O)OC)C(C)(C)C. The van der Waals surface area contributed by atoms with Crippen LogP contribution in [0.1, 0.15) is 53.9 Å². The molecule has 3 unspecified atom stereocenters. The van der Waals surface area contributed by atoms with Crippen LogP contribution in [0.2, 0.25) is 0 Å². The number of hydrogen-bond donors (Lipinski definition) is 0. The van der Waals surface area contributed by atoms with Crippen LogP contribution in [0.5, 0.6) is 0 Å². The van der Waals surface area contributed by atoms with Crippen molar-refractivity contribution in [3.63, 3.8) is 0 Å². The van der Waals surface area contributed by atoms with Crippen LogP contribution in [0.25, 0.3) is 0 Å². The first-order valence-corrected chi connectivity index (χ1v) is 7.14. The van der Waals surface area contributed by atoms with Gasteiger partial charge in [0.2, 0.25) is 0 Å². The van der Waals surface area contributed by atoms with E-state index in [1.54, 1.807) is 14.2 Å². The smallest absolute Gasteiger partial charge is 0.135 e. The summed E-state index contributed by atoms with van der Waals surface area (Å²) in [7, 11) is 3.22. The number of rotatable bonds is 9. The predicted molar refractivity (Wildman–Crippen MR) is 79.8 cm³/mol. The molecule has 0 radical (unpaired) electrons. The molecule has 0 aliphatic carbocycles. The second-order valence-corrected chi connectivity index (χ2v) is 6.83. The normalized spacial score (nSPS) is 18.1. The second-order valence-electron chi connectivity index (χ2n) is 6.83. The molecule has 0 aromatic carbocycles. The summed E-state index contributed by atoms with van der Waals surface area (Å²) in [6, 6.07) is 0. The Kier molecular flexibility index (Phi) is 7.60. The Labute approximate surface area is 123 Å². The maximum Gasteiger partial charge on any atom is 0.135 e. The highest BCUT2D eigenvalue weighted by Crippen LogP contribution is 2.29. The van der Waals surface area contributed by atoms with Crippen LogP contribution in [0, 0.1) is 11.3 Å². The molecular formula is C16H30O4. The molecule has 0 aromatic heterocycles. The summed E-state index contributed by atoms with van der Waals surface area (Å²) in [4.78, 5) is 23.0. The van der Waals surface area contributed by atoms with Crippen LogP contribution < -0.4 is 0 Å². The van der Waals surface area contributed by atoms with Crippen LogP contribution in [-0.4, -0.2) is 38.0 Å². The predicted octanol–water partition coefficient (Wildman–Crippen LogP) is 3.03. The minimum atomic E-state index is -0.582. The zero-order valence-corrected chi connectivity index (χ0v) is 14.0. The third kappa shape index (κ3) is 5.71. The van der Waals surface area contributed by atoms with Gasteiger partial charge in [0.05, 0.1) is 11.7 Å². The van der Waals surface area contributed by atoms with Crippen molar-refractivity contribution >= 4 is 12.1 Å². The molecule has 4 nitrogen and oxygen atoms in total. The number of hydrogen-bond acceptors (Lipinski definition) is 4. The van der Waals surface area contributed by atoms with Gasteiger partial charge in [-0.3, -0.25) is 4.79 Å². The van der Waals surface area contributed by atoms with Gasteiger partial charge in [-0.05, 0) is 18.3 Å². The number of carbonyl (C=O) groups is 2. The van der Waals surface area contributed by atoms with Crippen molar-refractivity contribution in [2.24, 2.45) is 11.3 Å². The number of aldehydes is 1. The summed E-state index contributed by atoms with van der Waals surface area (Å²) >= 11 is 0. The molecule has 4 heteroatoms. The van der Waals surface area contributed by atoms with Crippen molar-refractivity contribution in [1.29, 1.82) is 0 Å². The molecule has 0 rings (SSSR count). The fraction of sp³-hybridized carbons (Fsp3) is 0.875. The molecule has 0 saturated carbocycles. The lowest BCUT2D eigenvalue weighted by molar-refractivity contribution is -0.129. The Morgan fingerprint density at radius 3 is 2.05 bits per heavy atom. The fourth-order valence-corrected chi connectivity index (χ4v) is 2.24. The third-order valence-corrected chi connectivity index (χ3v) is 4.19. The maximum absolute atomic E-state index is 12.2. The van der Waals surface area contributed by atoms with Crippen LogP contribution in [0.15, 0.2) is 0 Å². The van der Waals surface area contributed by atoms with E-state index in [1.807, 2.05) is 13.8 Å². The summed E-state index contributed by atoms with van der Waals surface area (Å²) in [5, 5.41) is 0. The summed E-state index contributed by atoms with van der Waals surface area (Å²) < 4.78 is 10.8. The first kappa shape index (κ1) is 19.3. The average Bonchev–Trinajstić information content (AvgIpc) is 2.34. The van der Waals surface area contributed by atoms with Crippen molar-refractivity contribution in [1.82, 2.24) is 0 Å². The average molecular weight is 286 g/mol. The summed E-state index contributed by atoms with van der Waals surface area (Å²) in [5.74, 6) is 0.135. The largest absolute Gasteiger partial charge is 0.380 e. The first-order valence-electron chi connectivity index (χ1n) is 7.14. The molecule has 0 heterocycles. The van der Waals surface area contributed by atoms with E-state index in [0.717, 1.165) is 6.29 Å². The van der Waals surface area contributed by atoms with Crippen molar-refractivity contribution in [3.8, 4) is 0 Å². The molecule has 0 aromatic rings. The topological polar surface area (TPSA) is 52.6 Å². The lowest BCUT2D eigenvalue weighted by atomic mass is 9.81. The van der Waals surface area contributed by atoms with Gasteiger partial charge in [0.25, 0.3) is 0 Å². The minimum absolute atomic E-state index is 0.0114. The first-order chi connectivity index (χ1) is 9.10. The Bertz CT molecular complexity index is 319. The molecule has 20 heavy (non-hydrogen) atoms. The molecule has 0 aliphatic rings. The van der Waals surface area contributed by atoms with Gasteiger partial charge >= 0.3 is 0 Å². The third-order valence-electron chi connectivity index (χ3n) is 4.19. The zero-order valence-electron chi connectivity index (χ0n) is 14.0. The number of carbonyl (C=O) groups excluding carboxylic acids is 2. The van der Waals surface area contributed by atoms with Gasteiger partial charge in [0, 0.05) is 33.5 Å². The van der Waals surface area contributed by atoms with Crippen LogP contribution >= 0.6 is 0 Å². The fourth-order valence-electron chi connectivity index (χ4n) is 2.24. The summed E-state index contributed by atoms with van der Waals surface area (Å²) in [6.07, 6.45) is 1.84. The highest BCUT2D eigenvalue weighted by molar-refractivity contribution is 5.79. The van der Waals surface area contributed by atoms with Crippen molar-refractivity contribution in [2.45, 2.75) is 65.6 Å². The van der Waals surface area contributed by atoms with Gasteiger partial charge in [0.1, 0.15) is 12.1 Å². The Morgan fingerprint density at radius 1 is 1.15 bits per heavy atom. The van der Waals surface area contributed by atoms with E-state index in [4.69, 9.17) is 9.47 Å². The molecule has 0 saturated heterocycles. The van der Waals surface area contributed by atoms with Gasteiger partial charge in [-0.2, -0.15) is 0 Å². The highest BCUT2D eigenvalue weighted by atomic mass is 16.5. The quantitative estimate of drug-likeness (QED) is 0.611. The van der Waals surface area contributed by atoms with E-state index in [1.165, 1.54) is 0 Å². The molecular weight excluding hydrogens is 256 g/mol. The minimum Gasteiger partial charge on any atom is -0.380 e. The standard InChI is InChI=1S/C16H30O4/c1-12(16(5,20-7)8-9-17)10-13(18)11-14(19-6)15(2,3)4/h9,12,14H,8,10-11H2,1-7H3. The van der Waals surface area contributed by atoms with Crippen LogP contribution in [-0.2, 0) is 19.1 Å². The molecule has 0 bridgehead atoms. The van der Waals surface area contributed by atoms with Crippen molar-refractivity contribution in [3.05, 3.63) is 0 Å². The highest BCUT2D eigenvalue weighted by Gasteiger charge is 2.33. The summed E-state index contributed by atoms with van der Waals surface area (Å²) in [5.41, 5.74) is -0.650. The van der Waals surface area contributed by atoms with Gasteiger partial charge in [-0.15, -0.1) is 0 Å². The van der Waals surface area contributed by atoms with E-state index in [2.05, 4.69) is 20.8 Å².